The quantitative estimate of drug-likeness (QED) is 0.731. The van der Waals surface area contributed by atoms with Gasteiger partial charge in [0.1, 0.15) is 0 Å². The van der Waals surface area contributed by atoms with Gasteiger partial charge in [0, 0.05) is 0 Å². The number of ether oxygens (including phenoxy) is 2. The Balaban J connectivity index is 1.88. The Bertz CT molecular complexity index is 749. The summed E-state index contributed by atoms with van der Waals surface area (Å²) in [6.45, 7) is 3.50. The number of nitrogens with one attached hydrogen (secondary N) is 1. The molecule has 1 aromatic heterocycles. The molecule has 0 aliphatic carbocycles. The number of imidazole rings is 1. The van der Waals surface area contributed by atoms with Gasteiger partial charge in [0.2, 0.25) is 0 Å². The average Bonchev–Trinajstić information content (AvgIpc) is 2.90. The number of benzene rings is 2. The number of H-pyrrole nitrogens is 1. The molecule has 0 aliphatic heterocycles. The molecule has 0 bridgehead atoms. The Labute approximate surface area is 123 Å². The normalized spacial score (nSPS) is 10.8. The van der Waals surface area contributed by atoms with E-state index in [2.05, 4.69) is 28.6 Å². The van der Waals surface area contributed by atoms with Crippen LogP contribution < -0.4 is 14.0 Å². The van der Waals surface area contributed by atoms with Crippen molar-refractivity contribution in [2.24, 2.45) is 0 Å². The molecular formula is C17H19N2O2+. The molecule has 0 aliphatic rings. The van der Waals surface area contributed by atoms with Crippen LogP contribution in [0.5, 0.6) is 11.5 Å². The monoisotopic (exact) mass is 283 g/mol. The number of rotatable bonds is 5. The van der Waals surface area contributed by atoms with Gasteiger partial charge in [0.25, 0.3) is 5.82 Å². The molecular weight excluding hydrogens is 264 g/mol. The highest BCUT2D eigenvalue weighted by atomic mass is 16.5. The topological polar surface area (TPSA) is 38.1 Å². The Hall–Kier alpha value is -2.49. The molecule has 0 atom stereocenters. The van der Waals surface area contributed by atoms with Gasteiger partial charge in [-0.2, -0.15) is 0 Å². The maximum atomic E-state index is 5.91. The fraction of sp³-hybridized carbons (Fsp3) is 0.235. The number of methoxy groups -OCH3 is 1. The van der Waals surface area contributed by atoms with Gasteiger partial charge in [-0.25, -0.2) is 9.55 Å². The summed E-state index contributed by atoms with van der Waals surface area (Å²) in [5.41, 5.74) is 2.32. The van der Waals surface area contributed by atoms with E-state index in [-0.39, 0.29) is 0 Å². The molecule has 4 heteroatoms. The molecule has 21 heavy (non-hydrogen) atoms. The first-order chi connectivity index (χ1) is 10.3. The van der Waals surface area contributed by atoms with Gasteiger partial charge in [-0.05, 0) is 31.2 Å². The zero-order valence-corrected chi connectivity index (χ0v) is 12.3. The number of para-hydroxylation sites is 4. The highest BCUT2D eigenvalue weighted by Gasteiger charge is 2.17. The molecule has 0 saturated heterocycles. The van der Waals surface area contributed by atoms with E-state index in [0.717, 1.165) is 29.4 Å². The summed E-state index contributed by atoms with van der Waals surface area (Å²) in [6, 6.07) is 16.0. The first-order valence-corrected chi connectivity index (χ1v) is 7.08. The first kappa shape index (κ1) is 13.5. The summed E-state index contributed by atoms with van der Waals surface area (Å²) in [7, 11) is 1.65. The van der Waals surface area contributed by atoms with Crippen LogP contribution in [0.1, 0.15) is 12.7 Å². The molecule has 3 rings (SSSR count). The second-order valence-electron chi connectivity index (χ2n) is 4.77. The number of aryl methyl sites for hydroxylation is 1. The molecule has 0 spiro atoms. The third-order valence-electron chi connectivity index (χ3n) is 3.55. The summed E-state index contributed by atoms with van der Waals surface area (Å²) < 4.78 is 13.4. The predicted octanol–water partition coefficient (Wildman–Crippen LogP) is 3.06. The number of aromatic nitrogens is 2. The fourth-order valence-electron chi connectivity index (χ4n) is 2.54. The molecule has 0 fully saturated rings. The predicted molar refractivity (Wildman–Crippen MR) is 81.5 cm³/mol. The second-order valence-corrected chi connectivity index (χ2v) is 4.77. The maximum absolute atomic E-state index is 5.91. The zero-order valence-electron chi connectivity index (χ0n) is 12.3. The summed E-state index contributed by atoms with van der Waals surface area (Å²) in [6.07, 6.45) is 0. The number of hydrogen-bond donors (Lipinski definition) is 1. The molecule has 4 nitrogen and oxygen atoms in total. The van der Waals surface area contributed by atoms with E-state index in [0.29, 0.717) is 6.61 Å². The van der Waals surface area contributed by atoms with Crippen molar-refractivity contribution in [1.82, 2.24) is 4.98 Å². The molecule has 3 aromatic rings. The van der Waals surface area contributed by atoms with Gasteiger partial charge >= 0.3 is 0 Å². The van der Waals surface area contributed by atoms with E-state index in [4.69, 9.17) is 9.47 Å². The molecule has 2 aromatic carbocycles. The minimum absolute atomic E-state index is 0.475. The minimum atomic E-state index is 0.475. The average molecular weight is 283 g/mol. The van der Waals surface area contributed by atoms with Crippen LogP contribution in [0.25, 0.3) is 11.0 Å². The second kappa shape index (κ2) is 5.87. The highest BCUT2D eigenvalue weighted by Crippen LogP contribution is 2.26. The molecule has 0 amide bonds. The van der Waals surface area contributed by atoms with Gasteiger partial charge in [0.15, 0.2) is 29.1 Å². The van der Waals surface area contributed by atoms with E-state index in [1.165, 1.54) is 5.52 Å². The molecule has 0 saturated carbocycles. The third kappa shape index (κ3) is 2.57. The Morgan fingerprint density at radius 1 is 1.00 bits per heavy atom. The van der Waals surface area contributed by atoms with Crippen molar-refractivity contribution in [3.63, 3.8) is 0 Å². The lowest BCUT2D eigenvalue weighted by Gasteiger charge is -2.08. The van der Waals surface area contributed by atoms with Crippen LogP contribution in [0.2, 0.25) is 0 Å². The van der Waals surface area contributed by atoms with Crippen molar-refractivity contribution in [2.45, 2.75) is 20.1 Å². The van der Waals surface area contributed by atoms with Gasteiger partial charge in [-0.3, -0.25) is 0 Å². The molecule has 0 radical (unpaired) electrons. The first-order valence-electron chi connectivity index (χ1n) is 7.08. The minimum Gasteiger partial charge on any atom is -0.493 e. The summed E-state index contributed by atoms with van der Waals surface area (Å²) in [5, 5.41) is 0. The van der Waals surface area contributed by atoms with Crippen molar-refractivity contribution in [3.05, 3.63) is 54.4 Å². The third-order valence-corrected chi connectivity index (χ3v) is 3.55. The van der Waals surface area contributed by atoms with Crippen molar-refractivity contribution in [3.8, 4) is 11.5 Å². The fourth-order valence-corrected chi connectivity index (χ4v) is 2.54. The van der Waals surface area contributed by atoms with Crippen LogP contribution in [-0.4, -0.2) is 12.1 Å². The summed E-state index contributed by atoms with van der Waals surface area (Å²) >= 11 is 0. The summed E-state index contributed by atoms with van der Waals surface area (Å²) in [4.78, 5) is 3.42. The maximum Gasteiger partial charge on any atom is 0.293 e. The van der Waals surface area contributed by atoms with E-state index < -0.39 is 0 Å². The Morgan fingerprint density at radius 2 is 1.71 bits per heavy atom. The van der Waals surface area contributed by atoms with Crippen LogP contribution in [0.4, 0.5) is 0 Å². The number of hydrogen-bond acceptors (Lipinski definition) is 2. The number of aromatic amines is 1. The van der Waals surface area contributed by atoms with Gasteiger partial charge < -0.3 is 9.47 Å². The lowest BCUT2D eigenvalue weighted by Crippen LogP contribution is -2.36. The van der Waals surface area contributed by atoms with Crippen molar-refractivity contribution in [2.75, 3.05) is 7.11 Å². The number of fused-ring (bicyclic) bond motifs is 1. The lowest BCUT2D eigenvalue weighted by molar-refractivity contribution is -0.676. The van der Waals surface area contributed by atoms with Gasteiger partial charge in [0.05, 0.1) is 13.7 Å². The van der Waals surface area contributed by atoms with E-state index in [1.54, 1.807) is 7.11 Å². The smallest absolute Gasteiger partial charge is 0.293 e. The van der Waals surface area contributed by atoms with Crippen LogP contribution in [0.3, 0.4) is 0 Å². The van der Waals surface area contributed by atoms with Crippen LogP contribution in [0, 0.1) is 0 Å². The lowest BCUT2D eigenvalue weighted by atomic mass is 10.3. The zero-order chi connectivity index (χ0) is 14.7. The Kier molecular flexibility index (Phi) is 3.77. The van der Waals surface area contributed by atoms with Crippen LogP contribution >= 0.6 is 0 Å². The molecule has 0 unspecified atom stereocenters. The number of nitrogens with zero attached hydrogens (tertiary/aromatic N) is 1. The van der Waals surface area contributed by atoms with Crippen molar-refractivity contribution < 1.29 is 14.0 Å². The highest BCUT2D eigenvalue weighted by molar-refractivity contribution is 5.70. The van der Waals surface area contributed by atoms with E-state index in [9.17, 15) is 0 Å². The van der Waals surface area contributed by atoms with Gasteiger partial charge in [-0.1, -0.05) is 24.3 Å². The van der Waals surface area contributed by atoms with Crippen LogP contribution in [0.15, 0.2) is 48.5 Å². The van der Waals surface area contributed by atoms with Crippen molar-refractivity contribution >= 4 is 11.0 Å². The summed E-state index contributed by atoms with van der Waals surface area (Å²) in [5.74, 6) is 2.54. The molecule has 1 heterocycles. The van der Waals surface area contributed by atoms with Gasteiger partial charge in [-0.15, -0.1) is 0 Å². The molecule has 108 valence electrons. The SMILES string of the molecule is CC[n+]1c(COc2ccccc2OC)[nH]c2ccccc21. The standard InChI is InChI=1S/C17H18N2O2/c1-3-19-14-9-5-4-8-13(14)18-17(19)12-21-16-11-7-6-10-15(16)20-2/h4-11H,3,12H2,1-2H3/p+1. The van der Waals surface area contributed by atoms with E-state index >= 15 is 0 Å². The Morgan fingerprint density at radius 3 is 2.48 bits per heavy atom. The van der Waals surface area contributed by atoms with Crippen molar-refractivity contribution in [1.29, 1.82) is 0 Å². The molecule has 1 N–H and O–H groups in total. The largest absolute Gasteiger partial charge is 0.493 e. The van der Waals surface area contributed by atoms with E-state index in [1.807, 2.05) is 36.4 Å². The van der Waals surface area contributed by atoms with Crippen LogP contribution in [-0.2, 0) is 13.2 Å².